The summed E-state index contributed by atoms with van der Waals surface area (Å²) in [5.74, 6) is 2.89. The Morgan fingerprint density at radius 2 is 1.14 bits per heavy atom. The third kappa shape index (κ3) is 5.91. The molecular weight excluding hydrogens is 436 g/mol. The number of para-hydroxylation sites is 4. The van der Waals surface area contributed by atoms with Crippen LogP contribution in [0.15, 0.2) is 60.7 Å². The van der Waals surface area contributed by atoms with Crippen LogP contribution >= 0.6 is 0 Å². The van der Waals surface area contributed by atoms with Gasteiger partial charge in [-0.3, -0.25) is 4.90 Å². The minimum atomic E-state index is 0.146. The van der Waals surface area contributed by atoms with Crippen LogP contribution in [0.3, 0.4) is 0 Å². The summed E-state index contributed by atoms with van der Waals surface area (Å²) in [6.07, 6.45) is 0. The van der Waals surface area contributed by atoms with E-state index in [2.05, 4.69) is 86.0 Å². The van der Waals surface area contributed by atoms with Crippen LogP contribution in [0.1, 0.15) is 22.3 Å². The van der Waals surface area contributed by atoms with Crippen LogP contribution in [0.2, 0.25) is 0 Å². The lowest BCUT2D eigenvalue weighted by atomic mass is 10.1. The molecular formula is C30H38N2O3. The second kappa shape index (κ2) is 11.5. The monoisotopic (exact) mass is 474 g/mol. The molecule has 4 rings (SSSR count). The Labute approximate surface area is 210 Å². The van der Waals surface area contributed by atoms with Crippen molar-refractivity contribution in [3.8, 4) is 17.2 Å². The Hall–Kier alpha value is -3.18. The first-order valence-corrected chi connectivity index (χ1v) is 12.5. The zero-order valence-corrected chi connectivity index (χ0v) is 21.7. The highest BCUT2D eigenvalue weighted by Crippen LogP contribution is 2.29. The summed E-state index contributed by atoms with van der Waals surface area (Å²) >= 11 is 0. The Morgan fingerprint density at radius 3 is 1.63 bits per heavy atom. The zero-order valence-electron chi connectivity index (χ0n) is 21.7. The Balaban J connectivity index is 1.47. The van der Waals surface area contributed by atoms with Gasteiger partial charge in [0.2, 0.25) is 0 Å². The first-order valence-electron chi connectivity index (χ1n) is 12.5. The molecule has 1 fully saturated rings. The summed E-state index contributed by atoms with van der Waals surface area (Å²) in [5.41, 5.74) is 5.83. The number of hydrogen-bond donors (Lipinski definition) is 0. The van der Waals surface area contributed by atoms with E-state index in [1.165, 1.54) is 22.3 Å². The molecule has 186 valence electrons. The van der Waals surface area contributed by atoms with Crippen LogP contribution < -0.4 is 19.1 Å². The van der Waals surface area contributed by atoms with E-state index in [1.54, 1.807) is 7.11 Å². The number of nitrogens with zero attached hydrogens (tertiary/aromatic N) is 2. The van der Waals surface area contributed by atoms with Crippen LogP contribution in [0.5, 0.6) is 17.2 Å². The summed E-state index contributed by atoms with van der Waals surface area (Å²) in [6.45, 7) is 13.4. The molecule has 0 bridgehead atoms. The third-order valence-electron chi connectivity index (χ3n) is 6.91. The van der Waals surface area contributed by atoms with Gasteiger partial charge in [-0.2, -0.15) is 0 Å². The molecule has 1 aliphatic rings. The highest BCUT2D eigenvalue weighted by atomic mass is 16.5. The van der Waals surface area contributed by atoms with Crippen molar-refractivity contribution in [3.05, 3.63) is 82.9 Å². The maximum atomic E-state index is 6.42. The maximum Gasteiger partial charge on any atom is 0.142 e. The van der Waals surface area contributed by atoms with Crippen LogP contribution in [-0.4, -0.2) is 57.4 Å². The molecule has 0 spiro atoms. The van der Waals surface area contributed by atoms with Gasteiger partial charge in [-0.05, 0) is 62.1 Å². The maximum absolute atomic E-state index is 6.42. The largest absolute Gasteiger partial charge is 0.495 e. The number of piperazine rings is 1. The minimum Gasteiger partial charge on any atom is -0.495 e. The van der Waals surface area contributed by atoms with Crippen LogP contribution in [0.4, 0.5) is 5.69 Å². The summed E-state index contributed by atoms with van der Waals surface area (Å²) in [4.78, 5) is 4.91. The molecule has 5 nitrogen and oxygen atoms in total. The molecule has 0 aliphatic carbocycles. The van der Waals surface area contributed by atoms with Crippen molar-refractivity contribution in [1.29, 1.82) is 0 Å². The van der Waals surface area contributed by atoms with Crippen molar-refractivity contribution in [1.82, 2.24) is 4.90 Å². The van der Waals surface area contributed by atoms with Gasteiger partial charge in [0.25, 0.3) is 0 Å². The molecule has 0 N–H and O–H groups in total. The Morgan fingerprint density at radius 1 is 0.657 bits per heavy atom. The van der Waals surface area contributed by atoms with Crippen LogP contribution in [0.25, 0.3) is 0 Å². The third-order valence-corrected chi connectivity index (χ3v) is 6.91. The first-order chi connectivity index (χ1) is 17.0. The fourth-order valence-electron chi connectivity index (χ4n) is 4.89. The number of hydrogen-bond acceptors (Lipinski definition) is 5. The van der Waals surface area contributed by atoms with E-state index in [4.69, 9.17) is 14.2 Å². The van der Waals surface area contributed by atoms with E-state index >= 15 is 0 Å². The second-order valence-electron chi connectivity index (χ2n) is 9.41. The van der Waals surface area contributed by atoms with Gasteiger partial charge in [0.05, 0.1) is 18.8 Å². The molecule has 3 aromatic carbocycles. The lowest BCUT2D eigenvalue weighted by Gasteiger charge is -2.40. The Bertz CT molecular complexity index is 1030. The zero-order chi connectivity index (χ0) is 24.8. The molecule has 0 atom stereocenters. The van der Waals surface area contributed by atoms with E-state index in [9.17, 15) is 0 Å². The van der Waals surface area contributed by atoms with Crippen molar-refractivity contribution in [2.45, 2.75) is 33.7 Å². The predicted octanol–water partition coefficient (Wildman–Crippen LogP) is 5.58. The smallest absolute Gasteiger partial charge is 0.142 e. The summed E-state index contributed by atoms with van der Waals surface area (Å²) in [7, 11) is 1.74. The minimum absolute atomic E-state index is 0.146. The first kappa shape index (κ1) is 24.9. The molecule has 1 heterocycles. The van der Waals surface area contributed by atoms with Crippen molar-refractivity contribution >= 4 is 5.69 Å². The summed E-state index contributed by atoms with van der Waals surface area (Å²) in [6, 6.07) is 21.0. The molecule has 35 heavy (non-hydrogen) atoms. The van der Waals surface area contributed by atoms with Gasteiger partial charge in [0, 0.05) is 26.2 Å². The van der Waals surface area contributed by atoms with Gasteiger partial charge in [0.15, 0.2) is 0 Å². The van der Waals surface area contributed by atoms with Gasteiger partial charge in [0.1, 0.15) is 30.5 Å². The number of benzene rings is 3. The SMILES string of the molecule is COc1ccccc1N1CCN(C(COc2c(C)cccc2C)COc2c(C)cccc2C)CC1. The number of aryl methyl sites for hydroxylation is 4. The molecule has 1 aliphatic heterocycles. The van der Waals surface area contributed by atoms with Gasteiger partial charge in [-0.15, -0.1) is 0 Å². The van der Waals surface area contributed by atoms with Gasteiger partial charge in [-0.1, -0.05) is 48.5 Å². The molecule has 0 radical (unpaired) electrons. The van der Waals surface area contributed by atoms with Crippen molar-refractivity contribution < 1.29 is 14.2 Å². The van der Waals surface area contributed by atoms with Gasteiger partial charge in [-0.25, -0.2) is 0 Å². The fraction of sp³-hybridized carbons (Fsp3) is 0.400. The van der Waals surface area contributed by atoms with Gasteiger partial charge >= 0.3 is 0 Å². The second-order valence-corrected chi connectivity index (χ2v) is 9.41. The average molecular weight is 475 g/mol. The molecule has 3 aromatic rings. The molecule has 0 unspecified atom stereocenters. The standard InChI is InChI=1S/C30H38N2O3/c1-22-10-8-11-23(2)29(22)34-20-26(21-35-30-24(3)12-9-13-25(30)4)31-16-18-32(19-17-31)27-14-6-7-15-28(27)33-5/h6-15,26H,16-21H2,1-5H3. The normalized spacial score (nSPS) is 14.3. The quantitative estimate of drug-likeness (QED) is 0.405. The highest BCUT2D eigenvalue weighted by molar-refractivity contribution is 5.58. The van der Waals surface area contributed by atoms with E-state index in [0.29, 0.717) is 13.2 Å². The number of rotatable bonds is 9. The van der Waals surface area contributed by atoms with Crippen molar-refractivity contribution in [3.63, 3.8) is 0 Å². The number of ether oxygens (including phenoxy) is 3. The van der Waals surface area contributed by atoms with Crippen molar-refractivity contribution in [2.75, 3.05) is 51.4 Å². The molecule has 1 saturated heterocycles. The molecule has 0 saturated carbocycles. The fourth-order valence-corrected chi connectivity index (χ4v) is 4.89. The molecule has 5 heteroatoms. The molecule has 0 amide bonds. The van der Waals surface area contributed by atoms with E-state index in [1.807, 2.05) is 12.1 Å². The lowest BCUT2D eigenvalue weighted by Crippen LogP contribution is -2.54. The van der Waals surface area contributed by atoms with Crippen LogP contribution in [0, 0.1) is 27.7 Å². The summed E-state index contributed by atoms with van der Waals surface area (Å²) < 4.78 is 18.4. The molecule has 0 aromatic heterocycles. The van der Waals surface area contributed by atoms with Crippen LogP contribution in [-0.2, 0) is 0 Å². The average Bonchev–Trinajstić information content (AvgIpc) is 2.87. The van der Waals surface area contributed by atoms with E-state index < -0.39 is 0 Å². The highest BCUT2D eigenvalue weighted by Gasteiger charge is 2.27. The lowest BCUT2D eigenvalue weighted by molar-refractivity contribution is 0.0854. The topological polar surface area (TPSA) is 34.2 Å². The number of methoxy groups -OCH3 is 1. The summed E-state index contributed by atoms with van der Waals surface area (Å²) in [5, 5.41) is 0. The van der Waals surface area contributed by atoms with Gasteiger partial charge < -0.3 is 19.1 Å². The van der Waals surface area contributed by atoms with E-state index in [-0.39, 0.29) is 6.04 Å². The van der Waals surface area contributed by atoms with Crippen molar-refractivity contribution in [2.24, 2.45) is 0 Å². The number of anilines is 1. The predicted molar refractivity (Wildman–Crippen MR) is 143 cm³/mol. The Kier molecular flexibility index (Phi) is 8.19. The van der Waals surface area contributed by atoms with E-state index in [0.717, 1.165) is 49.1 Å².